The predicted molar refractivity (Wildman–Crippen MR) is 85.5 cm³/mol. The van der Waals surface area contributed by atoms with Gasteiger partial charge in [0.1, 0.15) is 8.07 Å². The second-order valence-electron chi connectivity index (χ2n) is 6.43. The van der Waals surface area contributed by atoms with E-state index in [1.54, 1.807) is 6.26 Å². The molecule has 0 amide bonds. The molecular weight excluding hydrogens is 302 g/mol. The lowest BCUT2D eigenvalue weighted by Crippen LogP contribution is -2.56. The Hall–Kier alpha value is -0.446. The van der Waals surface area contributed by atoms with Gasteiger partial charge in [0.25, 0.3) is 0 Å². The maximum absolute atomic E-state index is 6.10. The molecule has 0 spiro atoms. The highest BCUT2D eigenvalue weighted by molar-refractivity contribution is 6.89. The number of hydrogen-bond acceptors (Lipinski definition) is 5. The fourth-order valence-electron chi connectivity index (χ4n) is 2.92. The Morgan fingerprint density at radius 3 is 2.24 bits per heavy atom. The van der Waals surface area contributed by atoms with E-state index in [4.69, 9.17) is 17.7 Å². The molecule has 0 saturated carbocycles. The van der Waals surface area contributed by atoms with Crippen molar-refractivity contribution in [3.8, 4) is 0 Å². The van der Waals surface area contributed by atoms with Crippen LogP contribution in [0.3, 0.4) is 0 Å². The lowest BCUT2D eigenvalue weighted by Gasteiger charge is -2.39. The second-order valence-corrected chi connectivity index (χ2v) is 13.9. The van der Waals surface area contributed by atoms with Crippen molar-refractivity contribution in [2.45, 2.75) is 25.2 Å². The molecule has 0 unspecified atom stereocenters. The van der Waals surface area contributed by atoms with Gasteiger partial charge < -0.3 is 17.7 Å². The first-order valence-corrected chi connectivity index (χ1v) is 12.9. The Balaban J connectivity index is 1.67. The van der Waals surface area contributed by atoms with Crippen molar-refractivity contribution in [3.63, 3.8) is 0 Å². The van der Waals surface area contributed by atoms with Gasteiger partial charge in [0.15, 0.2) is 0 Å². The van der Waals surface area contributed by atoms with E-state index in [9.17, 15) is 0 Å². The Kier molecular flexibility index (Phi) is 4.67. The van der Waals surface area contributed by atoms with Gasteiger partial charge in [-0.25, -0.2) is 0 Å². The molecule has 21 heavy (non-hydrogen) atoms. The molecule has 4 heterocycles. The molecule has 118 valence electrons. The van der Waals surface area contributed by atoms with Crippen molar-refractivity contribution in [3.05, 3.63) is 18.4 Å². The molecule has 0 atom stereocenters. The topological polar surface area (TPSA) is 44.1 Å². The van der Waals surface area contributed by atoms with E-state index in [0.717, 1.165) is 56.9 Å². The summed E-state index contributed by atoms with van der Waals surface area (Å²) in [6.07, 6.45) is 1.77. The van der Waals surface area contributed by atoms with Crippen LogP contribution in [0.1, 0.15) is 0 Å². The molecule has 1 aromatic heterocycles. The van der Waals surface area contributed by atoms with Gasteiger partial charge in [-0.3, -0.25) is 4.90 Å². The normalized spacial score (nSPS) is 30.7. The number of hydrogen-bond donors (Lipinski definition) is 0. The summed E-state index contributed by atoms with van der Waals surface area (Å²) >= 11 is 0. The maximum atomic E-state index is 6.10. The van der Waals surface area contributed by atoms with Crippen LogP contribution in [0.5, 0.6) is 0 Å². The molecule has 4 rings (SSSR count). The van der Waals surface area contributed by atoms with E-state index >= 15 is 0 Å². The molecular formula is C14H25NO4Si2. The van der Waals surface area contributed by atoms with Crippen LogP contribution in [-0.4, -0.2) is 61.2 Å². The number of fused-ring (bicyclic) bond motifs is 6. The van der Waals surface area contributed by atoms with Crippen LogP contribution in [0.25, 0.3) is 0 Å². The van der Waals surface area contributed by atoms with Gasteiger partial charge in [-0.2, -0.15) is 0 Å². The maximum Gasteiger partial charge on any atom is 0.500 e. The smallest absolute Gasteiger partial charge is 0.475 e. The highest BCUT2D eigenvalue weighted by atomic mass is 28.4. The quantitative estimate of drug-likeness (QED) is 0.785. The largest absolute Gasteiger partial charge is 0.500 e. The minimum atomic E-state index is -2.48. The van der Waals surface area contributed by atoms with Crippen LogP contribution < -0.4 is 5.38 Å². The van der Waals surface area contributed by atoms with Gasteiger partial charge in [-0.1, -0.05) is 13.1 Å². The molecule has 1 aromatic rings. The van der Waals surface area contributed by atoms with E-state index in [1.807, 2.05) is 6.07 Å². The van der Waals surface area contributed by atoms with Gasteiger partial charge in [0.2, 0.25) is 0 Å². The van der Waals surface area contributed by atoms with E-state index in [1.165, 1.54) is 0 Å². The van der Waals surface area contributed by atoms with E-state index in [0.29, 0.717) is 0 Å². The van der Waals surface area contributed by atoms with Gasteiger partial charge in [0.05, 0.1) is 31.5 Å². The zero-order valence-corrected chi connectivity index (χ0v) is 15.0. The number of nitrogens with zero attached hydrogens (tertiary/aromatic N) is 1. The van der Waals surface area contributed by atoms with E-state index in [2.05, 4.69) is 24.1 Å². The third kappa shape index (κ3) is 3.66. The molecule has 3 aliphatic rings. The number of furan rings is 1. The van der Waals surface area contributed by atoms with Crippen LogP contribution in [0.2, 0.25) is 25.2 Å². The summed E-state index contributed by atoms with van der Waals surface area (Å²) in [4.78, 5) is 2.35. The fraction of sp³-hybridized carbons (Fsp3) is 0.714. The summed E-state index contributed by atoms with van der Waals surface area (Å²) in [6.45, 7) is 9.87. The first-order valence-electron chi connectivity index (χ1n) is 7.78. The van der Waals surface area contributed by atoms with Crippen LogP contribution >= 0.6 is 0 Å². The highest BCUT2D eigenvalue weighted by Crippen LogP contribution is 2.26. The van der Waals surface area contributed by atoms with Gasteiger partial charge in [-0.05, 0) is 18.2 Å². The summed E-state index contributed by atoms with van der Waals surface area (Å²) in [6, 6.07) is 6.06. The van der Waals surface area contributed by atoms with E-state index < -0.39 is 16.9 Å². The SMILES string of the molecule is C[Si](C)(CC[Si]12OCCN(CCO1)CCO2)c1ccco1. The van der Waals surface area contributed by atoms with Crippen LogP contribution in [-0.2, 0) is 13.3 Å². The van der Waals surface area contributed by atoms with Crippen molar-refractivity contribution < 1.29 is 17.7 Å². The molecule has 0 aliphatic carbocycles. The standard InChI is InChI=1S/C14H25NO4Si2/c1-20(2,14-4-3-8-16-14)12-13-21-17-9-5-15(6-10-18-21)7-11-19-21/h3-4,8H,5-7,9-13H2,1-2H3. The molecule has 3 aliphatic heterocycles. The molecule has 5 nitrogen and oxygen atoms in total. The van der Waals surface area contributed by atoms with Crippen LogP contribution in [0.4, 0.5) is 0 Å². The van der Waals surface area contributed by atoms with Crippen molar-refractivity contribution in [2.24, 2.45) is 0 Å². The van der Waals surface area contributed by atoms with Crippen molar-refractivity contribution >= 4 is 22.3 Å². The average molecular weight is 328 g/mol. The molecule has 0 radical (unpaired) electrons. The van der Waals surface area contributed by atoms with Crippen LogP contribution in [0.15, 0.2) is 22.8 Å². The summed E-state index contributed by atoms with van der Waals surface area (Å²) in [5.41, 5.74) is 0. The zero-order valence-electron chi connectivity index (χ0n) is 13.0. The summed E-state index contributed by atoms with van der Waals surface area (Å²) in [5, 5.41) is 1.15. The molecule has 0 N–H and O–H groups in total. The summed E-state index contributed by atoms with van der Waals surface area (Å²) in [5.74, 6) is 0. The zero-order chi connectivity index (χ0) is 14.8. The molecule has 3 saturated heterocycles. The first-order chi connectivity index (χ1) is 10.1. The first kappa shape index (κ1) is 15.4. The van der Waals surface area contributed by atoms with Crippen molar-refractivity contribution in [1.29, 1.82) is 0 Å². The third-order valence-electron chi connectivity index (χ3n) is 4.43. The van der Waals surface area contributed by atoms with Crippen molar-refractivity contribution in [2.75, 3.05) is 39.5 Å². The third-order valence-corrected chi connectivity index (χ3v) is 10.8. The lowest BCUT2D eigenvalue weighted by atomic mass is 10.4. The van der Waals surface area contributed by atoms with E-state index in [-0.39, 0.29) is 0 Å². The summed E-state index contributed by atoms with van der Waals surface area (Å²) in [7, 11) is -4.07. The fourth-order valence-corrected chi connectivity index (χ4v) is 9.72. The predicted octanol–water partition coefficient (Wildman–Crippen LogP) is 1.51. The Morgan fingerprint density at radius 2 is 1.71 bits per heavy atom. The average Bonchev–Trinajstić information content (AvgIpc) is 2.90. The Bertz CT molecular complexity index is 425. The molecule has 3 fully saturated rings. The molecule has 0 aromatic carbocycles. The number of rotatable bonds is 4. The summed E-state index contributed by atoms with van der Waals surface area (Å²) < 4.78 is 23.9. The molecule has 2 bridgehead atoms. The van der Waals surface area contributed by atoms with Crippen LogP contribution in [0, 0.1) is 0 Å². The Labute approximate surface area is 128 Å². The second kappa shape index (κ2) is 6.35. The lowest BCUT2D eigenvalue weighted by molar-refractivity contribution is -0.00753. The minimum absolute atomic E-state index is 0.731. The molecule has 7 heteroatoms. The van der Waals surface area contributed by atoms with Gasteiger partial charge >= 0.3 is 8.80 Å². The van der Waals surface area contributed by atoms with Gasteiger partial charge in [-0.15, -0.1) is 0 Å². The van der Waals surface area contributed by atoms with Crippen molar-refractivity contribution in [1.82, 2.24) is 4.90 Å². The monoisotopic (exact) mass is 327 g/mol. The Morgan fingerprint density at radius 1 is 1.10 bits per heavy atom. The van der Waals surface area contributed by atoms with Gasteiger partial charge in [0, 0.05) is 25.7 Å². The minimum Gasteiger partial charge on any atom is -0.475 e. The highest BCUT2D eigenvalue weighted by Gasteiger charge is 2.45.